The molecule has 0 saturated carbocycles. The smallest absolute Gasteiger partial charge is 0.207 e. The average molecular weight is 591 g/mol. The monoisotopic (exact) mass is 590 g/mol. The van der Waals surface area contributed by atoms with E-state index in [1.165, 1.54) is 48.7 Å². The Balaban J connectivity index is 1.96. The third-order valence-corrected chi connectivity index (χ3v) is 7.34. The molecule has 0 amide bonds. The standard InChI is InChI=1S/C32H30O11/c1-37-18-14-20(39-3)19(38-2)12-16(18)22(15-10-8-7-9-11-15)23-26(34)24-25(33)17-13-21(40-4)30(41-5)28(36)29(17)43-31(24)32(42-6)27(23)35/h7-14,22,34-36H,1-6H3. The number of hydrogen-bond donors (Lipinski definition) is 3. The van der Waals surface area contributed by atoms with Crippen molar-refractivity contribution in [1.82, 2.24) is 0 Å². The number of fused-ring (bicyclic) bond motifs is 2. The quantitative estimate of drug-likeness (QED) is 0.152. The Labute approximate surface area is 245 Å². The molecule has 11 nitrogen and oxygen atoms in total. The summed E-state index contributed by atoms with van der Waals surface area (Å²) in [4.78, 5) is 14.0. The van der Waals surface area contributed by atoms with Gasteiger partial charge < -0.3 is 48.2 Å². The first-order chi connectivity index (χ1) is 20.8. The number of hydrogen-bond acceptors (Lipinski definition) is 11. The molecule has 1 atom stereocenters. The normalized spacial score (nSPS) is 11.8. The molecule has 5 aromatic rings. The van der Waals surface area contributed by atoms with Crippen LogP contribution < -0.4 is 33.8 Å². The second kappa shape index (κ2) is 11.4. The molecule has 224 valence electrons. The van der Waals surface area contributed by atoms with Crippen molar-refractivity contribution < 1.29 is 48.2 Å². The first-order valence-corrected chi connectivity index (χ1v) is 13.0. The van der Waals surface area contributed by atoms with Gasteiger partial charge in [-0.05, 0) is 17.7 Å². The molecule has 1 heterocycles. The lowest BCUT2D eigenvalue weighted by Crippen LogP contribution is -2.11. The van der Waals surface area contributed by atoms with Crippen molar-refractivity contribution in [2.24, 2.45) is 0 Å². The molecule has 1 unspecified atom stereocenters. The first-order valence-electron chi connectivity index (χ1n) is 13.0. The van der Waals surface area contributed by atoms with Gasteiger partial charge in [-0.2, -0.15) is 0 Å². The predicted molar refractivity (Wildman–Crippen MR) is 158 cm³/mol. The van der Waals surface area contributed by atoms with Gasteiger partial charge in [-0.1, -0.05) is 30.3 Å². The lowest BCUT2D eigenvalue weighted by molar-refractivity contribution is 0.332. The molecule has 4 aromatic carbocycles. The lowest BCUT2D eigenvalue weighted by atomic mass is 9.82. The highest BCUT2D eigenvalue weighted by molar-refractivity contribution is 6.01. The van der Waals surface area contributed by atoms with E-state index in [2.05, 4.69) is 0 Å². The molecule has 0 spiro atoms. The van der Waals surface area contributed by atoms with E-state index in [0.29, 0.717) is 28.4 Å². The molecular weight excluding hydrogens is 560 g/mol. The summed E-state index contributed by atoms with van der Waals surface area (Å²) in [5, 5.41) is 34.1. The maximum absolute atomic E-state index is 14.0. The van der Waals surface area contributed by atoms with Crippen LogP contribution in [0.5, 0.6) is 51.7 Å². The van der Waals surface area contributed by atoms with Gasteiger partial charge in [0.15, 0.2) is 34.2 Å². The molecule has 0 aliphatic carbocycles. The minimum Gasteiger partial charge on any atom is -0.507 e. The molecule has 0 aliphatic heterocycles. The molecule has 5 rings (SSSR count). The van der Waals surface area contributed by atoms with Gasteiger partial charge in [0.2, 0.25) is 22.7 Å². The van der Waals surface area contributed by atoms with Crippen molar-refractivity contribution in [3.63, 3.8) is 0 Å². The Hall–Kier alpha value is -5.45. The van der Waals surface area contributed by atoms with E-state index in [0.717, 1.165) is 0 Å². The second-order valence-electron chi connectivity index (χ2n) is 9.41. The van der Waals surface area contributed by atoms with E-state index in [4.69, 9.17) is 32.8 Å². The van der Waals surface area contributed by atoms with Crippen molar-refractivity contribution in [1.29, 1.82) is 0 Å². The zero-order valence-electron chi connectivity index (χ0n) is 24.3. The number of methoxy groups -OCH3 is 6. The minimum absolute atomic E-state index is 0.0579. The number of ether oxygens (including phenoxy) is 6. The number of benzene rings is 4. The fourth-order valence-electron chi connectivity index (χ4n) is 5.36. The van der Waals surface area contributed by atoms with Crippen LogP contribution in [0.15, 0.2) is 57.7 Å². The average Bonchev–Trinajstić information content (AvgIpc) is 3.03. The highest BCUT2D eigenvalue weighted by Gasteiger charge is 2.34. The Bertz CT molecular complexity index is 1890. The van der Waals surface area contributed by atoms with Crippen LogP contribution in [0.25, 0.3) is 21.9 Å². The molecule has 0 fully saturated rings. The largest absolute Gasteiger partial charge is 0.507 e. The molecule has 0 bridgehead atoms. The number of rotatable bonds is 9. The van der Waals surface area contributed by atoms with Gasteiger partial charge >= 0.3 is 0 Å². The van der Waals surface area contributed by atoms with E-state index >= 15 is 0 Å². The zero-order valence-corrected chi connectivity index (χ0v) is 24.3. The third-order valence-electron chi connectivity index (χ3n) is 7.34. The van der Waals surface area contributed by atoms with Crippen LogP contribution in [0.1, 0.15) is 22.6 Å². The summed E-state index contributed by atoms with van der Waals surface area (Å²) < 4.78 is 38.8. The van der Waals surface area contributed by atoms with Crippen LogP contribution in [-0.2, 0) is 0 Å². The predicted octanol–water partition coefficient (Wildman–Crippen LogP) is 5.29. The van der Waals surface area contributed by atoms with E-state index in [1.54, 1.807) is 36.4 Å². The summed E-state index contributed by atoms with van der Waals surface area (Å²) in [5.41, 5.74) is -0.191. The SMILES string of the molecule is COc1cc(OC)c(C(c2ccccc2)c2c(O)c(OC)c3oc4c(O)c(OC)c(OC)cc4c(=O)c3c2O)cc1OC. The van der Waals surface area contributed by atoms with Gasteiger partial charge in [0.05, 0.1) is 53.6 Å². The van der Waals surface area contributed by atoms with Gasteiger partial charge in [0, 0.05) is 17.5 Å². The maximum Gasteiger partial charge on any atom is 0.207 e. The van der Waals surface area contributed by atoms with Gasteiger partial charge in [-0.15, -0.1) is 0 Å². The van der Waals surface area contributed by atoms with E-state index < -0.39 is 28.6 Å². The summed E-state index contributed by atoms with van der Waals surface area (Å²) in [6.45, 7) is 0. The van der Waals surface area contributed by atoms with Crippen LogP contribution >= 0.6 is 0 Å². The Morgan fingerprint density at radius 2 is 1.23 bits per heavy atom. The molecule has 0 radical (unpaired) electrons. The molecule has 43 heavy (non-hydrogen) atoms. The van der Waals surface area contributed by atoms with Crippen molar-refractivity contribution in [3.05, 3.63) is 75.4 Å². The van der Waals surface area contributed by atoms with Crippen molar-refractivity contribution in [3.8, 4) is 51.7 Å². The Morgan fingerprint density at radius 3 is 1.81 bits per heavy atom. The summed E-state index contributed by atoms with van der Waals surface area (Å²) in [7, 11) is 8.39. The topological polar surface area (TPSA) is 146 Å². The summed E-state index contributed by atoms with van der Waals surface area (Å²) >= 11 is 0. The van der Waals surface area contributed by atoms with Crippen LogP contribution in [0.3, 0.4) is 0 Å². The molecule has 3 N–H and O–H groups in total. The minimum atomic E-state index is -0.914. The van der Waals surface area contributed by atoms with Gasteiger partial charge in [0.1, 0.15) is 16.9 Å². The summed E-state index contributed by atoms with van der Waals surface area (Å²) in [5.74, 6) is -1.59. The second-order valence-corrected chi connectivity index (χ2v) is 9.41. The van der Waals surface area contributed by atoms with Crippen LogP contribution in [0.2, 0.25) is 0 Å². The Kier molecular flexibility index (Phi) is 7.73. The number of aromatic hydroxyl groups is 3. The van der Waals surface area contributed by atoms with Crippen molar-refractivity contribution in [2.45, 2.75) is 5.92 Å². The molecular formula is C32H30O11. The highest BCUT2D eigenvalue weighted by Crippen LogP contribution is 2.54. The molecule has 0 saturated heterocycles. The molecule has 0 aliphatic rings. The highest BCUT2D eigenvalue weighted by atomic mass is 16.5. The maximum atomic E-state index is 14.0. The van der Waals surface area contributed by atoms with Gasteiger partial charge in [-0.25, -0.2) is 0 Å². The van der Waals surface area contributed by atoms with Crippen LogP contribution in [0.4, 0.5) is 0 Å². The summed E-state index contributed by atoms with van der Waals surface area (Å²) in [6.07, 6.45) is 0. The Morgan fingerprint density at radius 1 is 0.628 bits per heavy atom. The van der Waals surface area contributed by atoms with E-state index in [9.17, 15) is 20.1 Å². The third kappa shape index (κ3) is 4.49. The van der Waals surface area contributed by atoms with E-state index in [-0.39, 0.29) is 44.8 Å². The van der Waals surface area contributed by atoms with Crippen molar-refractivity contribution >= 4 is 21.9 Å². The van der Waals surface area contributed by atoms with Crippen LogP contribution in [-0.4, -0.2) is 58.0 Å². The van der Waals surface area contributed by atoms with Crippen LogP contribution in [0, 0.1) is 0 Å². The summed E-state index contributed by atoms with van der Waals surface area (Å²) in [6, 6.07) is 13.6. The van der Waals surface area contributed by atoms with E-state index in [1.807, 2.05) is 6.07 Å². The molecule has 11 heteroatoms. The zero-order chi connectivity index (χ0) is 31.0. The van der Waals surface area contributed by atoms with Gasteiger partial charge in [0.25, 0.3) is 0 Å². The first kappa shape index (κ1) is 29.1. The molecule has 1 aromatic heterocycles. The van der Waals surface area contributed by atoms with Crippen molar-refractivity contribution in [2.75, 3.05) is 42.7 Å². The number of phenols is 3. The fraction of sp³-hybridized carbons (Fsp3) is 0.219. The lowest BCUT2D eigenvalue weighted by Gasteiger charge is -2.25. The number of phenolic OH excluding ortho intramolecular Hbond substituents is 3. The van der Waals surface area contributed by atoms with Gasteiger partial charge in [-0.3, -0.25) is 4.79 Å². The fourth-order valence-corrected chi connectivity index (χ4v) is 5.36.